The molecule has 4 atom stereocenters. The Morgan fingerprint density at radius 1 is 1.05 bits per heavy atom. The Bertz CT molecular complexity index is 212. The van der Waals surface area contributed by atoms with Crippen molar-refractivity contribution in [1.29, 1.82) is 0 Å². The Hall–Kier alpha value is -0.0400. The molecule has 1 N–H and O–H groups in total. The molecular formula is C18H37N. The van der Waals surface area contributed by atoms with Gasteiger partial charge in [0.15, 0.2) is 0 Å². The molecule has 19 heavy (non-hydrogen) atoms. The fourth-order valence-electron chi connectivity index (χ4n) is 4.11. The average Bonchev–Trinajstić information content (AvgIpc) is 2.38. The summed E-state index contributed by atoms with van der Waals surface area (Å²) in [6, 6.07) is 0. The van der Waals surface area contributed by atoms with Gasteiger partial charge in [0.1, 0.15) is 0 Å². The molecule has 1 aliphatic rings. The van der Waals surface area contributed by atoms with Crippen LogP contribution in [-0.4, -0.2) is 13.1 Å². The number of rotatable bonds is 9. The highest BCUT2D eigenvalue weighted by Crippen LogP contribution is 2.39. The molecule has 1 saturated carbocycles. The van der Waals surface area contributed by atoms with Crippen molar-refractivity contribution >= 4 is 0 Å². The quantitative estimate of drug-likeness (QED) is 0.601. The smallest absolute Gasteiger partial charge is 0.00180 e. The van der Waals surface area contributed by atoms with Gasteiger partial charge in [-0.15, -0.1) is 0 Å². The summed E-state index contributed by atoms with van der Waals surface area (Å²) in [6.07, 6.45) is 11.6. The maximum atomic E-state index is 3.60. The van der Waals surface area contributed by atoms with Crippen molar-refractivity contribution in [1.82, 2.24) is 5.32 Å². The summed E-state index contributed by atoms with van der Waals surface area (Å²) >= 11 is 0. The molecule has 1 heteroatoms. The van der Waals surface area contributed by atoms with Gasteiger partial charge in [-0.2, -0.15) is 0 Å². The first-order chi connectivity index (χ1) is 9.21. The SMILES string of the molecule is CCCC(C)CC1CC(CCC)CCC1CNCC. The minimum Gasteiger partial charge on any atom is -0.317 e. The highest BCUT2D eigenvalue weighted by atomic mass is 14.8. The molecular weight excluding hydrogens is 230 g/mol. The monoisotopic (exact) mass is 267 g/mol. The summed E-state index contributed by atoms with van der Waals surface area (Å²) in [6.45, 7) is 11.8. The lowest BCUT2D eigenvalue weighted by atomic mass is 9.69. The van der Waals surface area contributed by atoms with Gasteiger partial charge in [-0.1, -0.05) is 59.8 Å². The van der Waals surface area contributed by atoms with Gasteiger partial charge in [-0.25, -0.2) is 0 Å². The minimum absolute atomic E-state index is 0.930. The third-order valence-electron chi connectivity index (χ3n) is 5.09. The first-order valence-electron chi connectivity index (χ1n) is 8.91. The minimum atomic E-state index is 0.930. The molecule has 114 valence electrons. The van der Waals surface area contributed by atoms with Crippen LogP contribution in [0.1, 0.15) is 79.1 Å². The molecule has 0 aromatic rings. The first-order valence-corrected chi connectivity index (χ1v) is 8.91. The number of hydrogen-bond acceptors (Lipinski definition) is 1. The Labute approximate surface area is 121 Å². The van der Waals surface area contributed by atoms with Crippen LogP contribution < -0.4 is 5.32 Å². The normalized spacial score (nSPS) is 29.4. The van der Waals surface area contributed by atoms with E-state index < -0.39 is 0 Å². The van der Waals surface area contributed by atoms with E-state index in [0.717, 1.165) is 30.2 Å². The maximum Gasteiger partial charge on any atom is -0.00180 e. The lowest BCUT2D eigenvalue weighted by Crippen LogP contribution is -2.34. The first kappa shape index (κ1) is 17.0. The van der Waals surface area contributed by atoms with Gasteiger partial charge in [0.05, 0.1) is 0 Å². The molecule has 0 saturated heterocycles. The molecule has 0 radical (unpaired) electrons. The van der Waals surface area contributed by atoms with Crippen molar-refractivity contribution in [3.05, 3.63) is 0 Å². The van der Waals surface area contributed by atoms with Crippen LogP contribution in [0.2, 0.25) is 0 Å². The van der Waals surface area contributed by atoms with Gasteiger partial charge in [0.2, 0.25) is 0 Å². The van der Waals surface area contributed by atoms with Crippen molar-refractivity contribution in [2.45, 2.75) is 79.1 Å². The van der Waals surface area contributed by atoms with Crippen molar-refractivity contribution in [3.8, 4) is 0 Å². The molecule has 1 nitrogen and oxygen atoms in total. The van der Waals surface area contributed by atoms with E-state index in [4.69, 9.17) is 0 Å². The molecule has 0 spiro atoms. The summed E-state index contributed by atoms with van der Waals surface area (Å²) in [4.78, 5) is 0. The highest BCUT2D eigenvalue weighted by molar-refractivity contribution is 4.82. The average molecular weight is 268 g/mol. The molecule has 0 aromatic carbocycles. The lowest BCUT2D eigenvalue weighted by molar-refractivity contribution is 0.143. The fraction of sp³-hybridized carbons (Fsp3) is 1.00. The lowest BCUT2D eigenvalue weighted by Gasteiger charge is -2.38. The van der Waals surface area contributed by atoms with Gasteiger partial charge in [-0.3, -0.25) is 0 Å². The molecule has 0 aromatic heterocycles. The largest absolute Gasteiger partial charge is 0.317 e. The molecule has 1 rings (SSSR count). The molecule has 1 fully saturated rings. The van der Waals surface area contributed by atoms with E-state index in [1.807, 2.05) is 0 Å². The zero-order chi connectivity index (χ0) is 14.1. The Balaban J connectivity index is 2.49. The second-order valence-corrected chi connectivity index (χ2v) is 6.93. The van der Waals surface area contributed by atoms with Crippen molar-refractivity contribution in [2.24, 2.45) is 23.7 Å². The third kappa shape index (κ3) is 6.29. The third-order valence-corrected chi connectivity index (χ3v) is 5.09. The van der Waals surface area contributed by atoms with Crippen molar-refractivity contribution in [2.75, 3.05) is 13.1 Å². The van der Waals surface area contributed by atoms with E-state index in [9.17, 15) is 0 Å². The summed E-state index contributed by atoms with van der Waals surface area (Å²) in [5.41, 5.74) is 0. The van der Waals surface area contributed by atoms with Crippen LogP contribution in [0.4, 0.5) is 0 Å². The van der Waals surface area contributed by atoms with Gasteiger partial charge in [0, 0.05) is 0 Å². The molecule has 0 amide bonds. The van der Waals surface area contributed by atoms with E-state index in [1.165, 1.54) is 57.9 Å². The molecule has 0 bridgehead atoms. The Kier molecular flexibility index (Phi) is 8.77. The van der Waals surface area contributed by atoms with Crippen molar-refractivity contribution in [3.63, 3.8) is 0 Å². The number of nitrogens with one attached hydrogen (secondary N) is 1. The van der Waals surface area contributed by atoms with Gasteiger partial charge in [-0.05, 0) is 56.0 Å². The van der Waals surface area contributed by atoms with Crippen LogP contribution in [0.5, 0.6) is 0 Å². The molecule has 4 unspecified atom stereocenters. The highest BCUT2D eigenvalue weighted by Gasteiger charge is 2.30. The zero-order valence-corrected chi connectivity index (χ0v) is 13.9. The van der Waals surface area contributed by atoms with Crippen LogP contribution in [0, 0.1) is 23.7 Å². The maximum absolute atomic E-state index is 3.60. The van der Waals surface area contributed by atoms with Gasteiger partial charge in [0.25, 0.3) is 0 Å². The van der Waals surface area contributed by atoms with Gasteiger partial charge < -0.3 is 5.32 Å². The summed E-state index contributed by atoms with van der Waals surface area (Å²) in [5, 5.41) is 3.60. The van der Waals surface area contributed by atoms with Crippen LogP contribution in [0.3, 0.4) is 0 Å². The predicted octanol–water partition coefficient (Wildman–Crippen LogP) is 5.25. The van der Waals surface area contributed by atoms with Crippen LogP contribution in [-0.2, 0) is 0 Å². The van der Waals surface area contributed by atoms with E-state index in [0.29, 0.717) is 0 Å². The second kappa shape index (κ2) is 9.80. The number of hydrogen-bond donors (Lipinski definition) is 1. The van der Waals surface area contributed by atoms with E-state index in [1.54, 1.807) is 0 Å². The fourth-order valence-corrected chi connectivity index (χ4v) is 4.11. The van der Waals surface area contributed by atoms with Crippen molar-refractivity contribution < 1.29 is 0 Å². The van der Waals surface area contributed by atoms with Gasteiger partial charge >= 0.3 is 0 Å². The Morgan fingerprint density at radius 2 is 1.84 bits per heavy atom. The van der Waals surface area contributed by atoms with E-state index in [-0.39, 0.29) is 0 Å². The predicted molar refractivity (Wildman–Crippen MR) is 86.5 cm³/mol. The molecule has 1 aliphatic carbocycles. The van der Waals surface area contributed by atoms with Crippen LogP contribution in [0.15, 0.2) is 0 Å². The Morgan fingerprint density at radius 3 is 2.47 bits per heavy atom. The standard InChI is InChI=1S/C18H37N/c1-5-8-15(4)12-18-13-16(9-6-2)10-11-17(18)14-19-7-3/h15-19H,5-14H2,1-4H3. The van der Waals surface area contributed by atoms with Crippen LogP contribution >= 0.6 is 0 Å². The topological polar surface area (TPSA) is 12.0 Å². The van der Waals surface area contributed by atoms with Crippen LogP contribution in [0.25, 0.3) is 0 Å². The zero-order valence-electron chi connectivity index (χ0n) is 13.9. The summed E-state index contributed by atoms with van der Waals surface area (Å²) in [5.74, 6) is 3.90. The summed E-state index contributed by atoms with van der Waals surface area (Å²) < 4.78 is 0. The van der Waals surface area contributed by atoms with E-state index >= 15 is 0 Å². The molecule has 0 heterocycles. The second-order valence-electron chi connectivity index (χ2n) is 6.93. The summed E-state index contributed by atoms with van der Waals surface area (Å²) in [7, 11) is 0. The molecule has 0 aliphatic heterocycles. The van der Waals surface area contributed by atoms with E-state index in [2.05, 4.69) is 33.0 Å².